The third-order valence-corrected chi connectivity index (χ3v) is 4.25. The minimum absolute atomic E-state index is 0.145. The molecule has 0 radical (unpaired) electrons. The number of benzene rings is 1. The van der Waals surface area contributed by atoms with Crippen LogP contribution in [0.4, 0.5) is 17.6 Å². The maximum atomic E-state index is 13.0. The molecule has 0 aromatic heterocycles. The summed E-state index contributed by atoms with van der Waals surface area (Å²) in [6, 6.07) is 3.84. The van der Waals surface area contributed by atoms with E-state index in [0.29, 0.717) is 5.56 Å². The van der Waals surface area contributed by atoms with Crippen LogP contribution in [0.1, 0.15) is 5.56 Å². The molecule has 0 bridgehead atoms. The third-order valence-electron chi connectivity index (χ3n) is 2.29. The van der Waals surface area contributed by atoms with E-state index in [1.807, 2.05) is 0 Å². The second kappa shape index (κ2) is 8.23. The van der Waals surface area contributed by atoms with Crippen LogP contribution in [0.25, 0.3) is 0 Å². The molecule has 22 heavy (non-hydrogen) atoms. The van der Waals surface area contributed by atoms with Crippen LogP contribution in [0.5, 0.6) is 0 Å². The number of carboxylic acids is 1. The molecule has 0 amide bonds. The van der Waals surface area contributed by atoms with Crippen LogP contribution < -0.4 is 11.0 Å². The number of rotatable bonds is 4. The molecule has 11 heteroatoms. The largest absolute Gasteiger partial charge is 0.490 e. The van der Waals surface area contributed by atoms with Gasteiger partial charge in [-0.2, -0.15) is 13.2 Å². The molecule has 0 aliphatic rings. The maximum Gasteiger partial charge on any atom is 0.490 e. The highest BCUT2D eigenvalue weighted by molar-refractivity contribution is 7.62. The van der Waals surface area contributed by atoms with E-state index in [-0.39, 0.29) is 11.8 Å². The normalized spacial score (nSPS) is 11.6. The number of halogens is 4. The zero-order valence-electron chi connectivity index (χ0n) is 11.6. The fourth-order valence-corrected chi connectivity index (χ4v) is 2.58. The highest BCUT2D eigenvalue weighted by Gasteiger charge is 2.38. The highest BCUT2D eigenvalue weighted by Crippen LogP contribution is 2.46. The van der Waals surface area contributed by atoms with Gasteiger partial charge in [0.25, 0.3) is 0 Å². The summed E-state index contributed by atoms with van der Waals surface area (Å²) in [4.78, 5) is 8.90. The Kier molecular flexibility index (Phi) is 7.68. The van der Waals surface area contributed by atoms with Crippen molar-refractivity contribution in [3.63, 3.8) is 0 Å². The van der Waals surface area contributed by atoms with Gasteiger partial charge in [-0.3, -0.25) is 4.57 Å². The van der Waals surface area contributed by atoms with Crippen LogP contribution in [0.3, 0.4) is 0 Å². The molecule has 0 spiro atoms. The minimum atomic E-state index is -5.08. The average Bonchev–Trinajstić information content (AvgIpc) is 2.46. The lowest BCUT2D eigenvalue weighted by atomic mass is 10.2. The first kappa shape index (κ1) is 20.5. The summed E-state index contributed by atoms with van der Waals surface area (Å²) in [5, 5.41) is 7.30. The molecule has 1 rings (SSSR count). The molecular weight excluding hydrogens is 333 g/mol. The molecule has 0 atom stereocenters. The predicted octanol–water partition coefficient (Wildman–Crippen LogP) is 2.03. The Morgan fingerprint density at radius 3 is 2.09 bits per heavy atom. The SMILES string of the molecule is COP(=O)(OC)c1cc(F)ccc1CN.O=C(O)C(F)(F)F. The third kappa shape index (κ3) is 5.72. The zero-order chi connectivity index (χ0) is 17.6. The highest BCUT2D eigenvalue weighted by atomic mass is 31.2. The first-order chi connectivity index (χ1) is 10.0. The Labute approximate surface area is 123 Å². The van der Waals surface area contributed by atoms with Gasteiger partial charge in [0, 0.05) is 20.8 Å². The van der Waals surface area contributed by atoms with Crippen LogP contribution in [0.15, 0.2) is 18.2 Å². The van der Waals surface area contributed by atoms with Gasteiger partial charge in [0.15, 0.2) is 0 Å². The monoisotopic (exact) mass is 347 g/mol. The van der Waals surface area contributed by atoms with Gasteiger partial charge < -0.3 is 19.9 Å². The maximum absolute atomic E-state index is 13.0. The standard InChI is InChI=1S/C9H13FNO3P.C2HF3O2/c1-13-15(12,14-2)9-5-8(10)4-3-7(9)6-11;3-2(4,5)1(6)7/h3-5H,6,11H2,1-2H3;(H,6,7). The van der Waals surface area contributed by atoms with Crippen molar-refractivity contribution >= 4 is 18.9 Å². The second-order valence-corrected chi connectivity index (χ2v) is 5.85. The van der Waals surface area contributed by atoms with Crippen LogP contribution in [0.2, 0.25) is 0 Å². The molecule has 6 nitrogen and oxygen atoms in total. The first-order valence-corrected chi connectivity index (χ1v) is 7.06. The molecule has 0 aliphatic carbocycles. The van der Waals surface area contributed by atoms with Crippen molar-refractivity contribution in [3.05, 3.63) is 29.6 Å². The lowest BCUT2D eigenvalue weighted by molar-refractivity contribution is -0.192. The van der Waals surface area contributed by atoms with Gasteiger partial charge >= 0.3 is 19.7 Å². The van der Waals surface area contributed by atoms with Crippen molar-refractivity contribution in [2.45, 2.75) is 12.7 Å². The van der Waals surface area contributed by atoms with Crippen molar-refractivity contribution in [1.29, 1.82) is 0 Å². The van der Waals surface area contributed by atoms with Crippen LogP contribution in [-0.4, -0.2) is 31.5 Å². The van der Waals surface area contributed by atoms with E-state index in [0.717, 1.165) is 6.07 Å². The molecule has 0 heterocycles. The van der Waals surface area contributed by atoms with Gasteiger partial charge in [0.2, 0.25) is 0 Å². The first-order valence-electron chi connectivity index (χ1n) is 5.52. The summed E-state index contributed by atoms with van der Waals surface area (Å²) < 4.78 is 66.3. The van der Waals surface area contributed by atoms with Gasteiger partial charge in [-0.1, -0.05) is 6.07 Å². The zero-order valence-corrected chi connectivity index (χ0v) is 12.5. The molecule has 0 fully saturated rings. The summed E-state index contributed by atoms with van der Waals surface area (Å²) in [6.45, 7) is 0.145. The van der Waals surface area contributed by atoms with Crippen LogP contribution >= 0.6 is 7.60 Å². The number of alkyl halides is 3. The van der Waals surface area contributed by atoms with Crippen molar-refractivity contribution < 1.29 is 41.1 Å². The van der Waals surface area contributed by atoms with Gasteiger partial charge in [-0.25, -0.2) is 9.18 Å². The molecule has 1 aromatic rings. The fourth-order valence-electron chi connectivity index (χ4n) is 1.24. The summed E-state index contributed by atoms with van der Waals surface area (Å²) in [6.07, 6.45) is -5.08. The minimum Gasteiger partial charge on any atom is -0.475 e. The van der Waals surface area contributed by atoms with Crippen molar-refractivity contribution in [1.82, 2.24) is 0 Å². The average molecular weight is 347 g/mol. The van der Waals surface area contributed by atoms with Gasteiger partial charge in [-0.05, 0) is 17.7 Å². The summed E-state index contributed by atoms with van der Waals surface area (Å²) in [5.74, 6) is -3.26. The molecule has 0 aliphatic heterocycles. The van der Waals surface area contributed by atoms with Gasteiger partial charge in [0.1, 0.15) is 5.82 Å². The van der Waals surface area contributed by atoms with Crippen molar-refractivity contribution in [2.75, 3.05) is 14.2 Å². The molecule has 1 aromatic carbocycles. The van der Waals surface area contributed by atoms with E-state index >= 15 is 0 Å². The smallest absolute Gasteiger partial charge is 0.475 e. The van der Waals surface area contributed by atoms with E-state index in [1.165, 1.54) is 26.4 Å². The Balaban J connectivity index is 0.000000534. The van der Waals surface area contributed by atoms with E-state index < -0.39 is 25.6 Å². The number of carbonyl (C=O) groups is 1. The molecular formula is C11H14F4NO5P. The molecule has 126 valence electrons. The topological polar surface area (TPSA) is 98.9 Å². The molecule has 0 unspecified atom stereocenters. The van der Waals surface area contributed by atoms with E-state index in [2.05, 4.69) is 0 Å². The van der Waals surface area contributed by atoms with Crippen molar-refractivity contribution in [2.24, 2.45) is 5.73 Å². The number of hydrogen-bond donors (Lipinski definition) is 2. The summed E-state index contributed by atoms with van der Waals surface area (Å²) in [5.41, 5.74) is 6.00. The molecule has 3 N–H and O–H groups in total. The summed E-state index contributed by atoms with van der Waals surface area (Å²) in [7, 11) is -0.944. The Morgan fingerprint density at radius 1 is 1.32 bits per heavy atom. The Hall–Kier alpha value is -1.48. The second-order valence-electron chi connectivity index (χ2n) is 3.64. The van der Waals surface area contributed by atoms with Crippen LogP contribution in [0, 0.1) is 5.82 Å². The van der Waals surface area contributed by atoms with Gasteiger partial charge in [-0.15, -0.1) is 0 Å². The lowest BCUT2D eigenvalue weighted by Gasteiger charge is -2.16. The quantitative estimate of drug-likeness (QED) is 0.639. The predicted molar refractivity (Wildman–Crippen MR) is 69.2 cm³/mol. The fraction of sp³-hybridized carbons (Fsp3) is 0.364. The number of nitrogens with two attached hydrogens (primary N) is 1. The number of hydrogen-bond acceptors (Lipinski definition) is 5. The summed E-state index contributed by atoms with van der Waals surface area (Å²) >= 11 is 0. The number of aliphatic carboxylic acids is 1. The van der Waals surface area contributed by atoms with E-state index in [9.17, 15) is 22.1 Å². The van der Waals surface area contributed by atoms with Crippen molar-refractivity contribution in [3.8, 4) is 0 Å². The number of carboxylic acid groups (broad SMARTS) is 1. The Morgan fingerprint density at radius 2 is 1.77 bits per heavy atom. The Bertz CT molecular complexity index is 556. The van der Waals surface area contributed by atoms with Crippen LogP contribution in [-0.2, 0) is 25.0 Å². The molecule has 0 saturated carbocycles. The van der Waals surface area contributed by atoms with E-state index in [1.54, 1.807) is 0 Å². The lowest BCUT2D eigenvalue weighted by Crippen LogP contribution is -2.21. The van der Waals surface area contributed by atoms with E-state index in [4.69, 9.17) is 24.7 Å². The molecule has 0 saturated heterocycles. The van der Waals surface area contributed by atoms with Gasteiger partial charge in [0.05, 0.1) is 5.30 Å².